The number of hydrogen-bond donors (Lipinski definition) is 1. The van der Waals surface area contributed by atoms with Crippen LogP contribution in [0.3, 0.4) is 0 Å². The van der Waals surface area contributed by atoms with Gasteiger partial charge in [-0.1, -0.05) is 30.3 Å². The number of esters is 3. The van der Waals surface area contributed by atoms with Crippen LogP contribution < -0.4 is 0 Å². The second-order valence-corrected chi connectivity index (χ2v) is 6.46. The van der Waals surface area contributed by atoms with Crippen molar-refractivity contribution in [1.29, 1.82) is 0 Å². The van der Waals surface area contributed by atoms with E-state index in [0.29, 0.717) is 5.56 Å². The normalized spacial score (nSPS) is 13.2. The second kappa shape index (κ2) is 8.98. The van der Waals surface area contributed by atoms with Crippen LogP contribution in [0.15, 0.2) is 30.3 Å². The minimum absolute atomic E-state index is 0.340. The topological polar surface area (TPSA) is 116 Å². The van der Waals surface area contributed by atoms with E-state index in [1.165, 1.54) is 0 Å². The lowest BCUT2D eigenvalue weighted by molar-refractivity contribution is -0.184. The maximum absolute atomic E-state index is 12.4. The van der Waals surface area contributed by atoms with Crippen molar-refractivity contribution in [3.05, 3.63) is 35.9 Å². The quantitative estimate of drug-likeness (QED) is 0.575. The number of carbonyl (C=O) groups excluding carboxylic acids is 3. The van der Waals surface area contributed by atoms with Crippen LogP contribution in [0.2, 0.25) is 0 Å². The van der Waals surface area contributed by atoms with Gasteiger partial charge in [0.1, 0.15) is 5.60 Å². The number of ether oxygens (including phenoxy) is 3. The van der Waals surface area contributed by atoms with Gasteiger partial charge in [-0.15, -0.1) is 0 Å². The third-order valence-corrected chi connectivity index (χ3v) is 2.89. The molecular formula is C18H22O8. The molecule has 26 heavy (non-hydrogen) atoms. The van der Waals surface area contributed by atoms with Gasteiger partial charge in [0.05, 0.1) is 6.42 Å². The number of carbonyl (C=O) groups is 4. The van der Waals surface area contributed by atoms with Crippen LogP contribution in [0.5, 0.6) is 0 Å². The Kier molecular flexibility index (Phi) is 7.30. The molecule has 0 unspecified atom stereocenters. The minimum atomic E-state index is -1.67. The van der Waals surface area contributed by atoms with Gasteiger partial charge in [-0.05, 0) is 20.8 Å². The van der Waals surface area contributed by atoms with E-state index in [2.05, 4.69) is 0 Å². The smallest absolute Gasteiger partial charge is 0.352 e. The standard InChI is InChI=1S/C18H22O8/c1-11(19)24-13(10-14(20)21)16(22)25-15(12-8-6-5-7-9-12)17(23)26-18(2,3)4/h5-9,13,15H,10H2,1-4H3,(H,20,21)/t13-,15-/m0/s1. The first-order valence-electron chi connectivity index (χ1n) is 7.87. The first-order chi connectivity index (χ1) is 12.0. The molecule has 1 rings (SSSR count). The fraction of sp³-hybridized carbons (Fsp3) is 0.444. The van der Waals surface area contributed by atoms with E-state index in [-0.39, 0.29) is 0 Å². The van der Waals surface area contributed by atoms with Crippen molar-refractivity contribution in [3.8, 4) is 0 Å². The summed E-state index contributed by atoms with van der Waals surface area (Å²) in [7, 11) is 0. The van der Waals surface area contributed by atoms with Crippen LogP contribution >= 0.6 is 0 Å². The van der Waals surface area contributed by atoms with Crippen LogP contribution in [0.25, 0.3) is 0 Å². The average molecular weight is 366 g/mol. The van der Waals surface area contributed by atoms with Crippen molar-refractivity contribution in [1.82, 2.24) is 0 Å². The molecule has 0 fully saturated rings. The Morgan fingerprint density at radius 1 is 1.00 bits per heavy atom. The zero-order valence-electron chi connectivity index (χ0n) is 15.1. The first-order valence-corrected chi connectivity index (χ1v) is 7.87. The summed E-state index contributed by atoms with van der Waals surface area (Å²) in [5, 5.41) is 8.87. The number of hydrogen-bond acceptors (Lipinski definition) is 7. The monoisotopic (exact) mass is 366 g/mol. The zero-order chi connectivity index (χ0) is 19.9. The van der Waals surface area contributed by atoms with E-state index in [1.807, 2.05) is 0 Å². The molecule has 0 aliphatic heterocycles. The van der Waals surface area contributed by atoms with Gasteiger partial charge < -0.3 is 19.3 Å². The van der Waals surface area contributed by atoms with Gasteiger partial charge in [-0.3, -0.25) is 9.59 Å². The summed E-state index contributed by atoms with van der Waals surface area (Å²) in [5.74, 6) is -4.18. The van der Waals surface area contributed by atoms with Crippen LogP contribution in [-0.4, -0.2) is 40.7 Å². The van der Waals surface area contributed by atoms with Gasteiger partial charge in [0.25, 0.3) is 0 Å². The van der Waals surface area contributed by atoms with Gasteiger partial charge in [0.15, 0.2) is 0 Å². The molecule has 0 heterocycles. The first kappa shape index (κ1) is 21.1. The highest BCUT2D eigenvalue weighted by atomic mass is 16.6. The molecule has 0 amide bonds. The van der Waals surface area contributed by atoms with Crippen molar-refractivity contribution in [2.24, 2.45) is 0 Å². The molecule has 2 atom stereocenters. The summed E-state index contributed by atoms with van der Waals surface area (Å²) in [5.41, 5.74) is -0.487. The zero-order valence-corrected chi connectivity index (χ0v) is 15.1. The van der Waals surface area contributed by atoms with Crippen LogP contribution in [-0.2, 0) is 33.4 Å². The molecule has 0 aliphatic carbocycles. The fourth-order valence-electron chi connectivity index (χ4n) is 1.96. The fourth-order valence-corrected chi connectivity index (χ4v) is 1.96. The Labute approximate surface area is 151 Å². The second-order valence-electron chi connectivity index (χ2n) is 6.46. The lowest BCUT2D eigenvalue weighted by Crippen LogP contribution is -2.35. The van der Waals surface area contributed by atoms with Crippen LogP contribution in [0.4, 0.5) is 0 Å². The molecule has 1 N–H and O–H groups in total. The molecule has 8 nitrogen and oxygen atoms in total. The SMILES string of the molecule is CC(=O)O[C@@H](CC(=O)O)C(=O)O[C@H](C(=O)OC(C)(C)C)c1ccccc1. The molecule has 1 aromatic rings. The van der Waals surface area contributed by atoms with Gasteiger partial charge in [-0.25, -0.2) is 9.59 Å². The maximum atomic E-state index is 12.4. The lowest BCUT2D eigenvalue weighted by Gasteiger charge is -2.25. The number of carboxylic acids is 1. The lowest BCUT2D eigenvalue weighted by atomic mass is 10.1. The Morgan fingerprint density at radius 2 is 1.58 bits per heavy atom. The minimum Gasteiger partial charge on any atom is -0.481 e. The Balaban J connectivity index is 3.06. The highest BCUT2D eigenvalue weighted by Crippen LogP contribution is 2.23. The molecule has 8 heteroatoms. The average Bonchev–Trinajstić information content (AvgIpc) is 2.49. The molecule has 0 aromatic heterocycles. The third kappa shape index (κ3) is 7.33. The van der Waals surface area contributed by atoms with Crippen LogP contribution in [0, 0.1) is 0 Å². The molecule has 0 radical (unpaired) electrons. The summed E-state index contributed by atoms with van der Waals surface area (Å²) in [4.78, 5) is 46.7. The van der Waals surface area contributed by atoms with E-state index in [0.717, 1.165) is 6.92 Å². The number of rotatable bonds is 7. The molecule has 0 aliphatic rings. The predicted molar refractivity (Wildman–Crippen MR) is 88.9 cm³/mol. The third-order valence-electron chi connectivity index (χ3n) is 2.89. The van der Waals surface area contributed by atoms with E-state index in [1.54, 1.807) is 51.1 Å². The molecule has 1 aromatic carbocycles. The van der Waals surface area contributed by atoms with Crippen molar-refractivity contribution < 1.29 is 38.5 Å². The van der Waals surface area contributed by atoms with E-state index < -0.39 is 48.1 Å². The van der Waals surface area contributed by atoms with Crippen molar-refractivity contribution in [3.63, 3.8) is 0 Å². The summed E-state index contributed by atoms with van der Waals surface area (Å²) in [6.07, 6.45) is -3.87. The molecule has 142 valence electrons. The number of aliphatic carboxylic acids is 1. The van der Waals surface area contributed by atoms with Gasteiger partial charge >= 0.3 is 23.9 Å². The van der Waals surface area contributed by atoms with E-state index >= 15 is 0 Å². The largest absolute Gasteiger partial charge is 0.481 e. The summed E-state index contributed by atoms with van der Waals surface area (Å²) in [6.45, 7) is 5.99. The molecule has 0 saturated heterocycles. The molecule has 0 bridgehead atoms. The Hall–Kier alpha value is -2.90. The highest BCUT2D eigenvalue weighted by Gasteiger charge is 2.34. The van der Waals surface area contributed by atoms with Crippen molar-refractivity contribution in [2.45, 2.75) is 51.9 Å². The van der Waals surface area contributed by atoms with Crippen molar-refractivity contribution >= 4 is 23.9 Å². The summed E-state index contributed by atoms with van der Waals surface area (Å²) >= 11 is 0. The number of carboxylic acid groups (broad SMARTS) is 1. The molecule has 0 saturated carbocycles. The van der Waals surface area contributed by atoms with Gasteiger partial charge in [-0.2, -0.15) is 0 Å². The Morgan fingerprint density at radius 3 is 2.04 bits per heavy atom. The van der Waals surface area contributed by atoms with Gasteiger partial charge in [0, 0.05) is 12.5 Å². The molecule has 0 spiro atoms. The van der Waals surface area contributed by atoms with Crippen molar-refractivity contribution in [2.75, 3.05) is 0 Å². The Bertz CT molecular complexity index is 644. The van der Waals surface area contributed by atoms with E-state index in [4.69, 9.17) is 19.3 Å². The highest BCUT2D eigenvalue weighted by molar-refractivity contribution is 5.86. The maximum Gasteiger partial charge on any atom is 0.352 e. The molecular weight excluding hydrogens is 344 g/mol. The van der Waals surface area contributed by atoms with E-state index in [9.17, 15) is 19.2 Å². The summed E-state index contributed by atoms with van der Waals surface area (Å²) < 4.78 is 15.1. The van der Waals surface area contributed by atoms with Gasteiger partial charge in [0.2, 0.25) is 12.2 Å². The number of benzene rings is 1. The van der Waals surface area contributed by atoms with Crippen LogP contribution in [0.1, 0.15) is 45.8 Å². The predicted octanol–water partition coefficient (Wildman–Crippen LogP) is 2.02. The summed E-state index contributed by atoms with van der Waals surface area (Å²) in [6, 6.07) is 8.10.